The highest BCUT2D eigenvalue weighted by molar-refractivity contribution is 5.89. The van der Waals surface area contributed by atoms with Crippen molar-refractivity contribution < 1.29 is 4.79 Å². The third-order valence-electron chi connectivity index (χ3n) is 4.89. The molecule has 0 saturated heterocycles. The van der Waals surface area contributed by atoms with Gasteiger partial charge in [0.15, 0.2) is 5.82 Å². The van der Waals surface area contributed by atoms with Crippen molar-refractivity contribution >= 4 is 30.5 Å². The molecule has 0 spiro atoms. The maximum atomic E-state index is 13.1. The Bertz CT molecular complexity index is 1330. The second-order valence-corrected chi connectivity index (χ2v) is 6.98. The highest BCUT2D eigenvalue weighted by atomic mass is 16.1. The van der Waals surface area contributed by atoms with E-state index in [2.05, 4.69) is 37.2 Å². The van der Waals surface area contributed by atoms with E-state index in [0.29, 0.717) is 36.1 Å². The summed E-state index contributed by atoms with van der Waals surface area (Å²) in [6.45, 7) is 6.56. The second-order valence-electron chi connectivity index (χ2n) is 6.98. The molecule has 0 unspecified atom stereocenters. The van der Waals surface area contributed by atoms with Crippen LogP contribution in [-0.4, -0.2) is 33.4 Å². The van der Waals surface area contributed by atoms with Crippen LogP contribution in [0, 0.1) is 6.92 Å². The fraction of sp³-hybridized carbons (Fsp3) is 0.182. The summed E-state index contributed by atoms with van der Waals surface area (Å²) in [6.07, 6.45) is 4.62. The lowest BCUT2D eigenvalue weighted by Gasteiger charge is -2.10. The van der Waals surface area contributed by atoms with Gasteiger partial charge in [0.25, 0.3) is 5.56 Å². The number of nitrogens with zero attached hydrogens (tertiary/aromatic N) is 5. The molecule has 2 N–H and O–H groups in total. The Morgan fingerprint density at radius 2 is 2.03 bits per heavy atom. The van der Waals surface area contributed by atoms with Crippen LogP contribution in [0.2, 0.25) is 0 Å². The maximum Gasteiger partial charge on any atom is 0.300 e. The minimum absolute atomic E-state index is 0.219. The summed E-state index contributed by atoms with van der Waals surface area (Å²) in [7, 11) is 0. The maximum absolute atomic E-state index is 13.1. The van der Waals surface area contributed by atoms with Gasteiger partial charge in [0, 0.05) is 48.9 Å². The Morgan fingerprint density at radius 3 is 2.81 bits per heavy atom. The van der Waals surface area contributed by atoms with Gasteiger partial charge < -0.3 is 10.6 Å². The normalized spacial score (nSPS) is 12.0. The predicted molar refractivity (Wildman–Crippen MR) is 118 cm³/mol. The highest BCUT2D eigenvalue weighted by Gasteiger charge is 2.18. The van der Waals surface area contributed by atoms with Crippen LogP contribution in [0.5, 0.6) is 0 Å². The van der Waals surface area contributed by atoms with E-state index in [-0.39, 0.29) is 23.9 Å². The molecule has 3 heterocycles. The first-order valence-electron chi connectivity index (χ1n) is 9.76. The number of fused-ring (bicyclic) bond motifs is 1. The first kappa shape index (κ1) is 20.1. The van der Waals surface area contributed by atoms with Crippen molar-refractivity contribution in [1.29, 1.82) is 0 Å². The molecule has 2 aromatic heterocycles. The van der Waals surface area contributed by atoms with Gasteiger partial charge in [-0.2, -0.15) is 0 Å². The number of hydrogen-bond donors (Lipinski definition) is 2. The minimum atomic E-state index is -0.334. The molecule has 4 rings (SSSR count). The van der Waals surface area contributed by atoms with Gasteiger partial charge in [-0.25, -0.2) is 19.5 Å². The van der Waals surface area contributed by atoms with Crippen LogP contribution in [0.25, 0.3) is 6.58 Å². The molecule has 0 fully saturated rings. The number of nitrogens with one attached hydrogen (secondary N) is 2. The molecule has 0 saturated carbocycles. The average Bonchev–Trinajstić information content (AvgIpc) is 3.19. The van der Waals surface area contributed by atoms with Gasteiger partial charge in [-0.15, -0.1) is 0 Å². The molecule has 9 nitrogen and oxygen atoms in total. The fourth-order valence-corrected chi connectivity index (χ4v) is 3.32. The van der Waals surface area contributed by atoms with E-state index in [9.17, 15) is 9.59 Å². The number of benzene rings is 1. The molecule has 1 aliphatic rings. The monoisotopic (exact) mass is 415 g/mol. The van der Waals surface area contributed by atoms with Crippen LogP contribution in [0.15, 0.2) is 57.5 Å². The number of aryl methyl sites for hydroxylation is 1. The third-order valence-corrected chi connectivity index (χ3v) is 4.89. The van der Waals surface area contributed by atoms with Crippen molar-refractivity contribution in [2.75, 3.05) is 11.9 Å². The first-order valence-corrected chi connectivity index (χ1v) is 9.76. The number of aromatic nitrogens is 3. The first-order chi connectivity index (χ1) is 15.1. The van der Waals surface area contributed by atoms with E-state index >= 15 is 0 Å². The van der Waals surface area contributed by atoms with Gasteiger partial charge in [-0.1, -0.05) is 18.7 Å². The number of carbonyl (C=O) groups excluding carboxylic acids is 1. The van der Waals surface area contributed by atoms with E-state index in [1.165, 1.54) is 4.57 Å². The van der Waals surface area contributed by atoms with Gasteiger partial charge in [0.05, 0.1) is 11.0 Å². The topological polar surface area (TPSA) is 114 Å². The van der Waals surface area contributed by atoms with Crippen molar-refractivity contribution in [1.82, 2.24) is 19.9 Å². The number of hydrogen-bond acceptors (Lipinski definition) is 7. The van der Waals surface area contributed by atoms with Crippen LogP contribution < -0.4 is 26.8 Å². The van der Waals surface area contributed by atoms with Crippen LogP contribution >= 0.6 is 0 Å². The van der Waals surface area contributed by atoms with Crippen LogP contribution in [0.4, 0.5) is 11.5 Å². The second kappa shape index (κ2) is 8.70. The average molecular weight is 415 g/mol. The minimum Gasteiger partial charge on any atom is -0.365 e. The number of aliphatic imine (C=N–C) groups is 1. The number of carbonyl (C=O) groups is 1. The zero-order valence-electron chi connectivity index (χ0n) is 17.0. The lowest BCUT2D eigenvalue weighted by molar-refractivity contribution is -0.109. The lowest BCUT2D eigenvalue weighted by atomic mass is 10.1. The Balaban J connectivity index is 1.64. The van der Waals surface area contributed by atoms with Gasteiger partial charge in [-0.05, 0) is 30.3 Å². The third kappa shape index (κ3) is 4.11. The largest absolute Gasteiger partial charge is 0.365 e. The van der Waals surface area contributed by atoms with E-state index in [4.69, 9.17) is 0 Å². The molecule has 0 bridgehead atoms. The summed E-state index contributed by atoms with van der Waals surface area (Å²) in [6, 6.07) is 9.33. The number of amides is 1. The molecule has 1 amide bonds. The number of pyridine rings is 1. The Kier molecular flexibility index (Phi) is 5.65. The van der Waals surface area contributed by atoms with Crippen molar-refractivity contribution in [2.45, 2.75) is 19.9 Å². The molecule has 1 aromatic carbocycles. The lowest BCUT2D eigenvalue weighted by Crippen LogP contribution is -2.31. The van der Waals surface area contributed by atoms with Crippen molar-refractivity contribution in [3.8, 4) is 0 Å². The number of anilines is 1. The Hall–Kier alpha value is -4.14. The molecule has 0 radical (unpaired) electrons. The molecular formula is C22H21N7O2. The summed E-state index contributed by atoms with van der Waals surface area (Å²) in [5.74, 6) is 0.474. The zero-order chi connectivity index (χ0) is 21.8. The summed E-state index contributed by atoms with van der Waals surface area (Å²) < 4.78 is 1.43. The molecule has 3 aromatic rings. The van der Waals surface area contributed by atoms with E-state index in [1.807, 2.05) is 24.3 Å². The molecule has 1 aliphatic heterocycles. The standard InChI is InChI=1S/C22H21N7O2/c1-14-6-7-18-19(17(14)12-23-13-30)28-22(27-18)29-15(2)11-26-20(21(29)31)25-10-8-16-5-3-4-9-24-16/h3-7,9,11,13H,1,8,10,12H2,2H3,(H,23,30)(H,25,26). The SMILES string of the molecule is C=c1ccc2c(c1CNC=O)N=C(n1c(C)cnc(NCCc3ccccn3)c1=O)N=2. The molecule has 0 atom stereocenters. The molecule has 31 heavy (non-hydrogen) atoms. The molecule has 9 heteroatoms. The van der Waals surface area contributed by atoms with E-state index in [0.717, 1.165) is 16.5 Å². The van der Waals surface area contributed by atoms with E-state index < -0.39 is 0 Å². The summed E-state index contributed by atoms with van der Waals surface area (Å²) >= 11 is 0. The van der Waals surface area contributed by atoms with Crippen LogP contribution in [-0.2, 0) is 17.8 Å². The quantitative estimate of drug-likeness (QED) is 0.543. The van der Waals surface area contributed by atoms with Crippen LogP contribution in [0.1, 0.15) is 17.0 Å². The Morgan fingerprint density at radius 1 is 1.16 bits per heavy atom. The van der Waals surface area contributed by atoms with Gasteiger partial charge in [-0.3, -0.25) is 14.6 Å². The predicted octanol–water partition coefficient (Wildman–Crippen LogP) is 0.427. The number of rotatable bonds is 7. The Labute approximate surface area is 177 Å². The summed E-state index contributed by atoms with van der Waals surface area (Å²) in [5.41, 5.74) is 2.56. The summed E-state index contributed by atoms with van der Waals surface area (Å²) in [5, 5.41) is 7.08. The van der Waals surface area contributed by atoms with Crippen LogP contribution in [0.3, 0.4) is 0 Å². The van der Waals surface area contributed by atoms with Gasteiger partial charge in [0.1, 0.15) is 0 Å². The van der Waals surface area contributed by atoms with Crippen molar-refractivity contribution in [3.63, 3.8) is 0 Å². The van der Waals surface area contributed by atoms with Crippen molar-refractivity contribution in [3.05, 3.63) is 80.6 Å². The summed E-state index contributed by atoms with van der Waals surface area (Å²) in [4.78, 5) is 41.5. The smallest absolute Gasteiger partial charge is 0.300 e. The molecule has 0 aliphatic carbocycles. The highest BCUT2D eigenvalue weighted by Crippen LogP contribution is 2.16. The molecular weight excluding hydrogens is 394 g/mol. The van der Waals surface area contributed by atoms with Gasteiger partial charge in [0.2, 0.25) is 12.4 Å². The van der Waals surface area contributed by atoms with E-state index in [1.54, 1.807) is 25.4 Å². The van der Waals surface area contributed by atoms with Gasteiger partial charge >= 0.3 is 0 Å². The zero-order valence-corrected chi connectivity index (χ0v) is 17.0. The fourth-order valence-electron chi connectivity index (χ4n) is 3.32. The molecule has 156 valence electrons. The van der Waals surface area contributed by atoms with Crippen molar-refractivity contribution in [2.24, 2.45) is 9.98 Å².